The Morgan fingerprint density at radius 3 is 2.45 bits per heavy atom. The van der Waals surface area contributed by atoms with Gasteiger partial charge in [-0.25, -0.2) is 0 Å². The van der Waals surface area contributed by atoms with E-state index in [2.05, 4.69) is 10.3 Å². The third-order valence-electron chi connectivity index (χ3n) is 7.71. The number of carbonyl (C=O) groups excluding carboxylic acids is 3. The van der Waals surface area contributed by atoms with E-state index in [9.17, 15) is 14.4 Å². The molecule has 40 heavy (non-hydrogen) atoms. The Balaban J connectivity index is 1.59. The van der Waals surface area contributed by atoms with E-state index in [-0.39, 0.29) is 30.1 Å². The Bertz CT molecular complexity index is 1500. The van der Waals surface area contributed by atoms with E-state index in [0.717, 1.165) is 42.1 Å². The van der Waals surface area contributed by atoms with Crippen molar-refractivity contribution in [3.63, 3.8) is 0 Å². The monoisotopic (exact) mass is 537 g/mol. The molecule has 0 saturated heterocycles. The molecule has 3 aromatic carbocycles. The molecule has 1 aromatic heterocycles. The minimum absolute atomic E-state index is 0.0659. The summed E-state index contributed by atoms with van der Waals surface area (Å²) in [6.07, 6.45) is 7.08. The van der Waals surface area contributed by atoms with Crippen LogP contribution in [0.1, 0.15) is 66.6 Å². The molecular weight excluding hydrogens is 502 g/mol. The summed E-state index contributed by atoms with van der Waals surface area (Å²) in [6.45, 7) is 1.49. The fourth-order valence-electron chi connectivity index (χ4n) is 5.57. The Kier molecular flexibility index (Phi) is 8.29. The first kappa shape index (κ1) is 27.2. The van der Waals surface area contributed by atoms with Crippen LogP contribution in [-0.2, 0) is 16.0 Å². The van der Waals surface area contributed by atoms with Gasteiger partial charge >= 0.3 is 0 Å². The van der Waals surface area contributed by atoms with Crippen molar-refractivity contribution in [2.75, 3.05) is 12.0 Å². The number of hydrogen-bond acceptors (Lipinski definition) is 4. The first-order valence-corrected chi connectivity index (χ1v) is 13.9. The number of aromatic nitrogens is 1. The zero-order valence-electron chi connectivity index (χ0n) is 23.0. The van der Waals surface area contributed by atoms with E-state index in [1.165, 1.54) is 13.3 Å². The fourth-order valence-corrected chi connectivity index (χ4v) is 5.57. The van der Waals surface area contributed by atoms with E-state index in [0.29, 0.717) is 22.6 Å². The summed E-state index contributed by atoms with van der Waals surface area (Å²) in [4.78, 5) is 45.5. The molecule has 1 aliphatic carbocycles. The summed E-state index contributed by atoms with van der Waals surface area (Å²) in [5.74, 6) is 0.0617. The van der Waals surface area contributed by atoms with Gasteiger partial charge in [0, 0.05) is 34.4 Å². The van der Waals surface area contributed by atoms with Gasteiger partial charge in [-0.05, 0) is 61.2 Å². The number of rotatable bonds is 9. The minimum Gasteiger partial charge on any atom is -0.497 e. The van der Waals surface area contributed by atoms with Crippen LogP contribution in [0, 0.1) is 0 Å². The molecule has 4 aromatic rings. The van der Waals surface area contributed by atoms with Crippen molar-refractivity contribution < 1.29 is 19.1 Å². The average molecular weight is 538 g/mol. The van der Waals surface area contributed by atoms with Gasteiger partial charge in [0.05, 0.1) is 13.5 Å². The molecule has 0 spiro atoms. The topological polar surface area (TPSA) is 91.5 Å². The predicted molar refractivity (Wildman–Crippen MR) is 157 cm³/mol. The van der Waals surface area contributed by atoms with Gasteiger partial charge in [0.2, 0.25) is 11.8 Å². The maximum absolute atomic E-state index is 14.3. The second kappa shape index (κ2) is 12.2. The third kappa shape index (κ3) is 5.93. The Morgan fingerprint density at radius 2 is 1.73 bits per heavy atom. The lowest BCUT2D eigenvalue weighted by atomic mass is 9.94. The van der Waals surface area contributed by atoms with Gasteiger partial charge in [0.1, 0.15) is 11.8 Å². The fraction of sp³-hybridized carbons (Fsp3) is 0.303. The van der Waals surface area contributed by atoms with Crippen LogP contribution < -0.4 is 15.0 Å². The van der Waals surface area contributed by atoms with Crippen molar-refractivity contribution in [2.24, 2.45) is 0 Å². The summed E-state index contributed by atoms with van der Waals surface area (Å²) in [5.41, 5.74) is 3.42. The first-order valence-electron chi connectivity index (χ1n) is 13.9. The summed E-state index contributed by atoms with van der Waals surface area (Å²) < 4.78 is 5.35. The number of para-hydroxylation sites is 1. The number of ketones is 1. The van der Waals surface area contributed by atoms with Crippen molar-refractivity contribution in [2.45, 2.75) is 57.5 Å². The number of aromatic amines is 1. The molecule has 1 aliphatic rings. The molecule has 5 rings (SSSR count). The minimum atomic E-state index is -0.937. The quantitative estimate of drug-likeness (QED) is 0.251. The molecule has 0 unspecified atom stereocenters. The van der Waals surface area contributed by atoms with E-state index in [4.69, 9.17) is 4.74 Å². The second-order valence-corrected chi connectivity index (χ2v) is 10.4. The van der Waals surface area contributed by atoms with Gasteiger partial charge < -0.3 is 15.0 Å². The van der Waals surface area contributed by atoms with Gasteiger partial charge in [-0.3, -0.25) is 19.3 Å². The van der Waals surface area contributed by atoms with Crippen molar-refractivity contribution >= 4 is 34.2 Å². The number of fused-ring (bicyclic) bond motifs is 1. The van der Waals surface area contributed by atoms with E-state index in [1.807, 2.05) is 42.6 Å². The third-order valence-corrected chi connectivity index (χ3v) is 7.71. The van der Waals surface area contributed by atoms with Crippen molar-refractivity contribution in [3.05, 3.63) is 95.7 Å². The number of amides is 2. The number of methoxy groups -OCH3 is 1. The number of anilines is 1. The zero-order chi connectivity index (χ0) is 28.1. The Morgan fingerprint density at radius 1 is 0.975 bits per heavy atom. The smallest absolute Gasteiger partial charge is 0.248 e. The highest BCUT2D eigenvalue weighted by molar-refractivity contribution is 6.04. The van der Waals surface area contributed by atoms with Gasteiger partial charge in [0.25, 0.3) is 0 Å². The number of ether oxygens (including phenoxy) is 1. The molecule has 1 heterocycles. The maximum atomic E-state index is 14.3. The number of H-pyrrole nitrogens is 1. The zero-order valence-corrected chi connectivity index (χ0v) is 23.0. The van der Waals surface area contributed by atoms with Gasteiger partial charge in [-0.2, -0.15) is 0 Å². The lowest BCUT2D eigenvalue weighted by Gasteiger charge is -2.34. The highest BCUT2D eigenvalue weighted by Gasteiger charge is 2.34. The van der Waals surface area contributed by atoms with Crippen molar-refractivity contribution in [1.82, 2.24) is 10.3 Å². The molecule has 2 amide bonds. The van der Waals surface area contributed by atoms with E-state index < -0.39 is 6.04 Å². The second-order valence-electron chi connectivity index (χ2n) is 10.4. The summed E-state index contributed by atoms with van der Waals surface area (Å²) in [5, 5.41) is 4.20. The van der Waals surface area contributed by atoms with Gasteiger partial charge in [-0.1, -0.05) is 61.7 Å². The number of carbonyl (C=O) groups is 3. The summed E-state index contributed by atoms with van der Waals surface area (Å²) >= 11 is 0. The van der Waals surface area contributed by atoms with E-state index >= 15 is 0 Å². The lowest BCUT2D eigenvalue weighted by Crippen LogP contribution is -2.47. The molecule has 1 saturated carbocycles. The largest absolute Gasteiger partial charge is 0.497 e. The highest BCUT2D eigenvalue weighted by Crippen LogP contribution is 2.32. The maximum Gasteiger partial charge on any atom is 0.248 e. The van der Waals surface area contributed by atoms with Gasteiger partial charge in [-0.15, -0.1) is 0 Å². The molecule has 7 heteroatoms. The van der Waals surface area contributed by atoms with Crippen LogP contribution in [0.4, 0.5) is 5.69 Å². The van der Waals surface area contributed by atoms with E-state index in [1.54, 1.807) is 48.4 Å². The number of hydrogen-bond donors (Lipinski definition) is 2. The van der Waals surface area contributed by atoms with Crippen LogP contribution in [0.3, 0.4) is 0 Å². The average Bonchev–Trinajstić information content (AvgIpc) is 3.39. The molecule has 0 bridgehead atoms. The van der Waals surface area contributed by atoms with Crippen molar-refractivity contribution in [3.8, 4) is 5.75 Å². The van der Waals surface area contributed by atoms with Crippen LogP contribution >= 0.6 is 0 Å². The molecule has 0 aliphatic heterocycles. The normalized spacial score (nSPS) is 14.4. The van der Waals surface area contributed by atoms with Crippen LogP contribution in [0.15, 0.2) is 79.0 Å². The standard InChI is InChI=1S/C33H35N3O4/c1-22(37)24-9-8-12-27(19-24)36(31(38)20-25-21-34-30-14-7-6-13-29(25)30)32(23-15-17-28(40-2)18-16-23)33(39)35-26-10-4-3-5-11-26/h6-9,12-19,21,26,32,34H,3-5,10-11,20H2,1-2H3,(H,35,39)/t32-/m1/s1. The van der Waals surface area contributed by atoms with Gasteiger partial charge in [0.15, 0.2) is 5.78 Å². The van der Waals surface area contributed by atoms with Crippen molar-refractivity contribution in [1.29, 1.82) is 0 Å². The molecule has 1 fully saturated rings. The molecule has 0 radical (unpaired) electrons. The Labute approximate surface area is 234 Å². The first-order chi connectivity index (χ1) is 19.4. The lowest BCUT2D eigenvalue weighted by molar-refractivity contribution is -0.127. The predicted octanol–water partition coefficient (Wildman–Crippen LogP) is 6.15. The number of nitrogens with one attached hydrogen (secondary N) is 2. The van der Waals surface area contributed by atoms with Crippen LogP contribution in [0.2, 0.25) is 0 Å². The number of nitrogens with zero attached hydrogens (tertiary/aromatic N) is 1. The summed E-state index contributed by atoms with van der Waals surface area (Å²) in [6, 6.07) is 21.1. The van der Waals surface area contributed by atoms with Crippen LogP contribution in [-0.4, -0.2) is 35.7 Å². The molecule has 1 atom stereocenters. The molecule has 7 nitrogen and oxygen atoms in total. The molecular formula is C33H35N3O4. The molecule has 2 N–H and O–H groups in total. The summed E-state index contributed by atoms with van der Waals surface area (Å²) in [7, 11) is 1.59. The SMILES string of the molecule is COc1ccc([C@H](C(=O)NC2CCCCC2)N(C(=O)Cc2c[nH]c3ccccc23)c2cccc(C(C)=O)c2)cc1. The number of benzene rings is 3. The highest BCUT2D eigenvalue weighted by atomic mass is 16.5. The molecule has 206 valence electrons. The Hall–Kier alpha value is -4.39. The van der Waals surface area contributed by atoms with Crippen LogP contribution in [0.5, 0.6) is 5.75 Å². The number of Topliss-reactive ketones (excluding diaryl/α,β-unsaturated/α-hetero) is 1. The van der Waals surface area contributed by atoms with Crippen LogP contribution in [0.25, 0.3) is 10.9 Å².